The van der Waals surface area contributed by atoms with Gasteiger partial charge in [0.1, 0.15) is 0 Å². The third-order valence-electron chi connectivity index (χ3n) is 7.19. The molecule has 1 saturated carbocycles. The van der Waals surface area contributed by atoms with Crippen LogP contribution in [0.1, 0.15) is 56.6 Å². The molecular weight excluding hydrogens is 409 g/mol. The number of tetrazole rings is 1. The van der Waals surface area contributed by atoms with Gasteiger partial charge < -0.3 is 10.2 Å². The number of amides is 1. The second-order valence-corrected chi connectivity index (χ2v) is 9.24. The number of anilines is 1. The molecule has 10 heteroatoms. The molecular formula is C21H25F3N6O. The summed E-state index contributed by atoms with van der Waals surface area (Å²) < 4.78 is 38.7. The molecule has 5 rings (SSSR count). The monoisotopic (exact) mass is 434 g/mol. The number of H-pyrrole nitrogens is 1. The van der Waals surface area contributed by atoms with E-state index in [2.05, 4.69) is 37.8 Å². The zero-order chi connectivity index (χ0) is 21.8. The van der Waals surface area contributed by atoms with E-state index in [1.807, 2.05) is 0 Å². The number of nitrogens with one attached hydrogen (secondary N) is 2. The van der Waals surface area contributed by atoms with Crippen LogP contribution in [-0.4, -0.2) is 44.7 Å². The standard InChI is InChI=1S/C21H25F3N6O/c1-12-10-15-6-7-17(30(15)19-26-28-29-27-19)16(11-12)25-18(31)20(8-9-20)13-2-4-14(5-3-13)21(22,23)24/h2-5,12,15-17H,6-11H2,1H3,(H,25,31)(H,26,27,28,29). The molecule has 3 aliphatic rings. The van der Waals surface area contributed by atoms with Crippen molar-refractivity contribution in [1.29, 1.82) is 0 Å². The Morgan fingerprint density at radius 1 is 1.19 bits per heavy atom. The zero-order valence-electron chi connectivity index (χ0n) is 17.2. The Hall–Kier alpha value is -2.65. The lowest BCUT2D eigenvalue weighted by molar-refractivity contribution is -0.137. The first-order valence-electron chi connectivity index (χ1n) is 10.8. The van der Waals surface area contributed by atoms with Gasteiger partial charge in [0.05, 0.1) is 17.0 Å². The summed E-state index contributed by atoms with van der Waals surface area (Å²) >= 11 is 0. The van der Waals surface area contributed by atoms with Crippen LogP contribution in [-0.2, 0) is 16.4 Å². The molecule has 2 bridgehead atoms. The minimum atomic E-state index is -4.38. The molecule has 2 saturated heterocycles. The summed E-state index contributed by atoms with van der Waals surface area (Å²) in [5.74, 6) is 0.968. The Balaban J connectivity index is 1.36. The van der Waals surface area contributed by atoms with Gasteiger partial charge in [-0.1, -0.05) is 24.2 Å². The average Bonchev–Trinajstić information content (AvgIpc) is 3.20. The van der Waals surface area contributed by atoms with Gasteiger partial charge in [0.2, 0.25) is 11.9 Å². The van der Waals surface area contributed by atoms with E-state index in [4.69, 9.17) is 0 Å². The smallest absolute Gasteiger partial charge is 0.351 e. The summed E-state index contributed by atoms with van der Waals surface area (Å²) in [7, 11) is 0. The molecule has 1 amide bonds. The Morgan fingerprint density at radius 3 is 2.55 bits per heavy atom. The van der Waals surface area contributed by atoms with Gasteiger partial charge in [-0.25, -0.2) is 5.10 Å². The van der Waals surface area contributed by atoms with E-state index in [0.29, 0.717) is 36.3 Å². The van der Waals surface area contributed by atoms with Crippen molar-refractivity contribution in [3.05, 3.63) is 35.4 Å². The van der Waals surface area contributed by atoms with Gasteiger partial charge in [0, 0.05) is 12.1 Å². The molecule has 0 spiro atoms. The highest BCUT2D eigenvalue weighted by Gasteiger charge is 2.53. The SMILES string of the molecule is CC1CC(NC(=O)C2(c3ccc(C(F)(F)F)cc3)CC2)C2CCC(C1)N2c1nnn[nH]1. The molecule has 7 nitrogen and oxygen atoms in total. The predicted octanol–water partition coefficient (Wildman–Crippen LogP) is 3.20. The van der Waals surface area contributed by atoms with E-state index in [9.17, 15) is 18.0 Å². The number of halogens is 3. The highest BCUT2D eigenvalue weighted by atomic mass is 19.4. The molecule has 1 aromatic heterocycles. The fraction of sp³-hybridized carbons (Fsp3) is 0.619. The summed E-state index contributed by atoms with van der Waals surface area (Å²) in [4.78, 5) is 15.6. The van der Waals surface area contributed by atoms with E-state index in [1.165, 1.54) is 12.1 Å². The number of nitrogens with zero attached hydrogens (tertiary/aromatic N) is 4. The van der Waals surface area contributed by atoms with Crippen LogP contribution >= 0.6 is 0 Å². The van der Waals surface area contributed by atoms with Crippen molar-refractivity contribution in [3.8, 4) is 0 Å². The molecule has 3 heterocycles. The van der Waals surface area contributed by atoms with Crippen molar-refractivity contribution in [2.24, 2.45) is 5.92 Å². The number of fused-ring (bicyclic) bond motifs is 2. The molecule has 166 valence electrons. The number of aromatic nitrogens is 4. The largest absolute Gasteiger partial charge is 0.416 e. The van der Waals surface area contributed by atoms with Crippen LogP contribution in [0.25, 0.3) is 0 Å². The molecule has 0 radical (unpaired) electrons. The van der Waals surface area contributed by atoms with Crippen molar-refractivity contribution < 1.29 is 18.0 Å². The first-order chi connectivity index (χ1) is 14.8. The highest BCUT2D eigenvalue weighted by molar-refractivity contribution is 5.91. The third-order valence-corrected chi connectivity index (χ3v) is 7.19. The molecule has 4 atom stereocenters. The maximum atomic E-state index is 13.4. The van der Waals surface area contributed by atoms with Gasteiger partial charge in [-0.15, -0.1) is 0 Å². The van der Waals surface area contributed by atoms with E-state index < -0.39 is 17.2 Å². The minimum absolute atomic E-state index is 0.0629. The molecule has 3 fully saturated rings. The Morgan fingerprint density at radius 2 is 1.94 bits per heavy atom. The Kier molecular flexibility index (Phi) is 4.71. The van der Waals surface area contributed by atoms with Crippen molar-refractivity contribution in [1.82, 2.24) is 25.9 Å². The van der Waals surface area contributed by atoms with Crippen molar-refractivity contribution in [2.75, 3.05) is 4.90 Å². The number of benzene rings is 1. The van der Waals surface area contributed by atoms with E-state index in [-0.39, 0.29) is 18.0 Å². The Bertz CT molecular complexity index is 941. The van der Waals surface area contributed by atoms with Crippen LogP contribution in [0.3, 0.4) is 0 Å². The molecule has 2 aromatic rings. The molecule has 2 aliphatic heterocycles. The van der Waals surface area contributed by atoms with Gasteiger partial charge in [-0.3, -0.25) is 4.79 Å². The summed E-state index contributed by atoms with van der Waals surface area (Å²) in [6.45, 7) is 2.19. The van der Waals surface area contributed by atoms with Gasteiger partial charge in [-0.2, -0.15) is 13.2 Å². The maximum absolute atomic E-state index is 13.4. The van der Waals surface area contributed by atoms with Crippen LogP contribution < -0.4 is 10.2 Å². The fourth-order valence-electron chi connectivity index (χ4n) is 5.50. The number of alkyl halides is 3. The molecule has 1 aliphatic carbocycles. The quantitative estimate of drug-likeness (QED) is 0.772. The average molecular weight is 434 g/mol. The van der Waals surface area contributed by atoms with Crippen LogP contribution in [0.15, 0.2) is 24.3 Å². The summed E-state index contributed by atoms with van der Waals surface area (Å²) in [6.07, 6.45) is 0.737. The van der Waals surface area contributed by atoms with Crippen LogP contribution in [0.4, 0.5) is 19.1 Å². The first kappa shape index (κ1) is 20.3. The highest BCUT2D eigenvalue weighted by Crippen LogP contribution is 2.49. The minimum Gasteiger partial charge on any atom is -0.351 e. The van der Waals surface area contributed by atoms with Crippen LogP contribution in [0.5, 0.6) is 0 Å². The topological polar surface area (TPSA) is 86.8 Å². The van der Waals surface area contributed by atoms with Gasteiger partial charge >= 0.3 is 6.18 Å². The summed E-state index contributed by atoms with van der Waals surface area (Å²) in [5.41, 5.74) is -0.769. The normalized spacial score (nSPS) is 29.5. The lowest BCUT2D eigenvalue weighted by Gasteiger charge is -2.33. The van der Waals surface area contributed by atoms with E-state index >= 15 is 0 Å². The predicted molar refractivity (Wildman–Crippen MR) is 106 cm³/mol. The lowest BCUT2D eigenvalue weighted by Crippen LogP contribution is -2.52. The number of aromatic amines is 1. The lowest BCUT2D eigenvalue weighted by atomic mass is 9.88. The molecule has 31 heavy (non-hydrogen) atoms. The Labute approximate surface area is 177 Å². The van der Waals surface area contributed by atoms with Crippen molar-refractivity contribution in [3.63, 3.8) is 0 Å². The van der Waals surface area contributed by atoms with Crippen molar-refractivity contribution >= 4 is 11.9 Å². The van der Waals surface area contributed by atoms with Gasteiger partial charge in [0.15, 0.2) is 0 Å². The number of hydrogen-bond donors (Lipinski definition) is 2. The van der Waals surface area contributed by atoms with Crippen molar-refractivity contribution in [2.45, 2.75) is 75.2 Å². The van der Waals surface area contributed by atoms with Gasteiger partial charge in [-0.05, 0) is 72.6 Å². The number of carbonyl (C=O) groups is 1. The van der Waals surface area contributed by atoms with E-state index in [1.54, 1.807) is 0 Å². The number of hydrogen-bond acceptors (Lipinski definition) is 5. The number of rotatable bonds is 4. The fourth-order valence-corrected chi connectivity index (χ4v) is 5.50. The third kappa shape index (κ3) is 3.55. The molecule has 2 N–H and O–H groups in total. The molecule has 4 unspecified atom stereocenters. The first-order valence-corrected chi connectivity index (χ1v) is 10.8. The second-order valence-electron chi connectivity index (χ2n) is 9.24. The molecule has 1 aromatic carbocycles. The van der Waals surface area contributed by atoms with Crippen LogP contribution in [0.2, 0.25) is 0 Å². The van der Waals surface area contributed by atoms with Gasteiger partial charge in [0.25, 0.3) is 0 Å². The summed E-state index contributed by atoms with van der Waals surface area (Å²) in [6, 6.07) is 5.39. The zero-order valence-corrected chi connectivity index (χ0v) is 17.2. The second kappa shape index (κ2) is 7.20. The number of carbonyl (C=O) groups excluding carboxylic acids is 1. The summed E-state index contributed by atoms with van der Waals surface area (Å²) in [5, 5.41) is 17.7. The van der Waals surface area contributed by atoms with E-state index in [0.717, 1.165) is 37.8 Å². The van der Waals surface area contributed by atoms with Crippen LogP contribution in [0, 0.1) is 5.92 Å². The maximum Gasteiger partial charge on any atom is 0.416 e.